The maximum atomic E-state index is 12.7. The number of aromatic carboxylic acids is 2. The Morgan fingerprint density at radius 3 is 2.22 bits per heavy atom. The van der Waals surface area contributed by atoms with Crippen LogP contribution in [0.25, 0.3) is 0 Å². The van der Waals surface area contributed by atoms with E-state index < -0.39 is 29.8 Å². The van der Waals surface area contributed by atoms with Crippen LogP contribution in [0, 0.1) is 0 Å². The number of hydrogen-bond donors (Lipinski definition) is 3. The maximum Gasteiger partial charge on any atom is 0.335 e. The number of carbonyl (C=O) groups excluding carboxylic acids is 2. The molecule has 1 saturated heterocycles. The van der Waals surface area contributed by atoms with Crippen LogP contribution in [0.15, 0.2) is 42.5 Å². The minimum Gasteiger partial charge on any atom is -0.478 e. The molecule has 1 atom stereocenters. The van der Waals surface area contributed by atoms with E-state index in [1.165, 1.54) is 0 Å². The van der Waals surface area contributed by atoms with E-state index in [0.29, 0.717) is 10.7 Å². The van der Waals surface area contributed by atoms with Gasteiger partial charge in [0, 0.05) is 10.7 Å². The first kappa shape index (κ1) is 18.4. The van der Waals surface area contributed by atoms with Gasteiger partial charge in [-0.05, 0) is 36.4 Å². The summed E-state index contributed by atoms with van der Waals surface area (Å²) in [4.78, 5) is 48.3. The lowest BCUT2D eigenvalue weighted by molar-refractivity contribution is -0.121. The Kier molecular flexibility index (Phi) is 4.83. The van der Waals surface area contributed by atoms with Gasteiger partial charge in [-0.3, -0.25) is 9.59 Å². The normalized spacial score (nSPS) is 16.5. The second kappa shape index (κ2) is 7.08. The molecule has 0 radical (unpaired) electrons. The summed E-state index contributed by atoms with van der Waals surface area (Å²) in [5.74, 6) is -3.92. The van der Waals surface area contributed by atoms with Crippen molar-refractivity contribution >= 4 is 46.7 Å². The molecular weight excluding hydrogens is 376 g/mol. The quantitative estimate of drug-likeness (QED) is 0.672. The molecule has 8 nitrogen and oxygen atoms in total. The van der Waals surface area contributed by atoms with E-state index in [0.717, 1.165) is 23.1 Å². The molecule has 1 unspecified atom stereocenters. The Morgan fingerprint density at radius 2 is 1.67 bits per heavy atom. The van der Waals surface area contributed by atoms with E-state index in [-0.39, 0.29) is 23.2 Å². The van der Waals surface area contributed by atoms with Crippen LogP contribution in [0.5, 0.6) is 0 Å². The van der Waals surface area contributed by atoms with Crippen LogP contribution in [0.1, 0.15) is 27.1 Å². The van der Waals surface area contributed by atoms with Crippen molar-refractivity contribution in [2.24, 2.45) is 0 Å². The van der Waals surface area contributed by atoms with Crippen molar-refractivity contribution in [3.63, 3.8) is 0 Å². The minimum absolute atomic E-state index is 0.0994. The lowest BCUT2D eigenvalue weighted by atomic mass is 10.1. The summed E-state index contributed by atoms with van der Waals surface area (Å²) in [5, 5.41) is 21.7. The van der Waals surface area contributed by atoms with Gasteiger partial charge in [0.2, 0.25) is 5.91 Å². The number of nitrogens with one attached hydrogen (secondary N) is 1. The summed E-state index contributed by atoms with van der Waals surface area (Å²) in [6.07, 6.45) is -0.162. The summed E-state index contributed by atoms with van der Waals surface area (Å²) >= 11 is 5.90. The minimum atomic E-state index is -1.37. The molecule has 27 heavy (non-hydrogen) atoms. The Labute approximate surface area is 158 Å². The van der Waals surface area contributed by atoms with E-state index in [1.807, 2.05) is 0 Å². The van der Waals surface area contributed by atoms with Crippen molar-refractivity contribution in [2.75, 3.05) is 10.2 Å². The fourth-order valence-corrected chi connectivity index (χ4v) is 2.97. The molecule has 0 bridgehead atoms. The van der Waals surface area contributed by atoms with Gasteiger partial charge in [-0.1, -0.05) is 17.7 Å². The first-order valence-corrected chi connectivity index (χ1v) is 8.14. The molecular formula is C18H13ClN2O6. The highest BCUT2D eigenvalue weighted by atomic mass is 35.5. The van der Waals surface area contributed by atoms with Gasteiger partial charge >= 0.3 is 11.9 Å². The summed E-state index contributed by atoms with van der Waals surface area (Å²) in [7, 11) is 0. The van der Waals surface area contributed by atoms with Gasteiger partial charge in [0.15, 0.2) is 0 Å². The topological polar surface area (TPSA) is 124 Å². The Morgan fingerprint density at radius 1 is 1.04 bits per heavy atom. The van der Waals surface area contributed by atoms with E-state index >= 15 is 0 Å². The van der Waals surface area contributed by atoms with Crippen LogP contribution in [-0.4, -0.2) is 40.0 Å². The van der Waals surface area contributed by atoms with Crippen molar-refractivity contribution in [3.8, 4) is 0 Å². The van der Waals surface area contributed by atoms with Gasteiger partial charge in [-0.2, -0.15) is 0 Å². The molecule has 3 N–H and O–H groups in total. The largest absolute Gasteiger partial charge is 0.478 e. The highest BCUT2D eigenvalue weighted by Crippen LogP contribution is 2.28. The maximum absolute atomic E-state index is 12.7. The van der Waals surface area contributed by atoms with Crippen LogP contribution in [0.3, 0.4) is 0 Å². The lowest BCUT2D eigenvalue weighted by Gasteiger charge is -2.17. The van der Waals surface area contributed by atoms with E-state index in [9.17, 15) is 19.2 Å². The van der Waals surface area contributed by atoms with E-state index in [1.54, 1.807) is 24.3 Å². The number of halogens is 1. The molecule has 2 amide bonds. The fraction of sp³-hybridized carbons (Fsp3) is 0.111. The van der Waals surface area contributed by atoms with Crippen LogP contribution < -0.4 is 10.2 Å². The number of carboxylic acid groups (broad SMARTS) is 2. The molecule has 1 fully saturated rings. The molecule has 1 heterocycles. The van der Waals surface area contributed by atoms with Crippen LogP contribution in [-0.2, 0) is 9.59 Å². The molecule has 0 saturated carbocycles. The molecule has 9 heteroatoms. The molecule has 3 rings (SSSR count). The number of anilines is 2. The zero-order valence-electron chi connectivity index (χ0n) is 13.7. The van der Waals surface area contributed by atoms with Crippen molar-refractivity contribution in [1.82, 2.24) is 0 Å². The van der Waals surface area contributed by atoms with Gasteiger partial charge in [0.1, 0.15) is 6.04 Å². The third-order valence-electron chi connectivity index (χ3n) is 3.98. The first-order valence-electron chi connectivity index (χ1n) is 7.77. The molecule has 1 aliphatic rings. The number of carbonyl (C=O) groups is 4. The van der Waals surface area contributed by atoms with E-state index in [4.69, 9.17) is 21.8 Å². The monoisotopic (exact) mass is 388 g/mol. The molecule has 0 spiro atoms. The van der Waals surface area contributed by atoms with Gasteiger partial charge < -0.3 is 15.5 Å². The standard InChI is InChI=1S/C18H13ClN2O6/c19-11-2-1-3-12(7-11)20-14-8-15(22)21(16(14)23)13-5-9(17(24)25)4-10(6-13)18(26)27/h1-7,14,20H,8H2,(H,24,25)(H,26,27). The highest BCUT2D eigenvalue weighted by Gasteiger charge is 2.40. The highest BCUT2D eigenvalue weighted by molar-refractivity contribution is 6.31. The molecule has 2 aromatic rings. The van der Waals surface area contributed by atoms with Gasteiger partial charge in [0.25, 0.3) is 5.91 Å². The summed E-state index contributed by atoms with van der Waals surface area (Å²) < 4.78 is 0. The number of amides is 2. The second-order valence-electron chi connectivity index (χ2n) is 5.86. The van der Waals surface area contributed by atoms with Crippen molar-refractivity contribution in [1.29, 1.82) is 0 Å². The van der Waals surface area contributed by atoms with Gasteiger partial charge in [-0.25, -0.2) is 14.5 Å². The smallest absolute Gasteiger partial charge is 0.335 e. The Balaban J connectivity index is 1.93. The van der Waals surface area contributed by atoms with Crippen molar-refractivity contribution in [3.05, 3.63) is 58.6 Å². The number of imide groups is 1. The van der Waals surface area contributed by atoms with E-state index in [2.05, 4.69) is 5.32 Å². The third-order valence-corrected chi connectivity index (χ3v) is 4.22. The fourth-order valence-electron chi connectivity index (χ4n) is 2.78. The number of carboxylic acids is 2. The molecule has 0 aliphatic carbocycles. The molecule has 0 aromatic heterocycles. The third kappa shape index (κ3) is 3.75. The summed E-state index contributed by atoms with van der Waals surface area (Å²) in [6, 6.07) is 8.87. The SMILES string of the molecule is O=C(O)c1cc(C(=O)O)cc(N2C(=O)CC(Nc3cccc(Cl)c3)C2=O)c1. The predicted molar refractivity (Wildman–Crippen MR) is 96.3 cm³/mol. The van der Waals surface area contributed by atoms with Crippen molar-refractivity contribution in [2.45, 2.75) is 12.5 Å². The van der Waals surface area contributed by atoms with Gasteiger partial charge in [-0.15, -0.1) is 0 Å². The number of hydrogen-bond acceptors (Lipinski definition) is 5. The van der Waals surface area contributed by atoms with Crippen LogP contribution >= 0.6 is 11.6 Å². The average molecular weight is 389 g/mol. The predicted octanol–water partition coefficient (Wildman–Crippen LogP) is 2.48. The Hall–Kier alpha value is -3.39. The number of rotatable bonds is 5. The second-order valence-corrected chi connectivity index (χ2v) is 6.29. The molecule has 138 valence electrons. The molecule has 1 aliphatic heterocycles. The first-order chi connectivity index (χ1) is 12.8. The van der Waals surface area contributed by atoms with Crippen LogP contribution in [0.2, 0.25) is 5.02 Å². The number of nitrogens with zero attached hydrogens (tertiary/aromatic N) is 1. The zero-order chi connectivity index (χ0) is 19.7. The molecule has 2 aromatic carbocycles. The average Bonchev–Trinajstić information content (AvgIpc) is 2.88. The zero-order valence-corrected chi connectivity index (χ0v) is 14.4. The Bertz CT molecular complexity index is 942. The summed E-state index contributed by atoms with van der Waals surface area (Å²) in [5.41, 5.74) is -0.229. The number of benzene rings is 2. The van der Waals surface area contributed by atoms with Gasteiger partial charge in [0.05, 0.1) is 23.2 Å². The lowest BCUT2D eigenvalue weighted by Crippen LogP contribution is -2.35. The van der Waals surface area contributed by atoms with Crippen molar-refractivity contribution < 1.29 is 29.4 Å². The van der Waals surface area contributed by atoms with Crippen LogP contribution in [0.4, 0.5) is 11.4 Å². The summed E-state index contributed by atoms with van der Waals surface area (Å²) in [6.45, 7) is 0.